The largest absolute Gasteiger partial charge is 0.296 e. The van der Waals surface area contributed by atoms with Crippen molar-refractivity contribution >= 4 is 45.9 Å². The van der Waals surface area contributed by atoms with Crippen LogP contribution in [0.3, 0.4) is 0 Å². The quantitative estimate of drug-likeness (QED) is 0.258. The van der Waals surface area contributed by atoms with E-state index in [2.05, 4.69) is 41.1 Å². The Balaban J connectivity index is 1.46. The lowest BCUT2D eigenvalue weighted by molar-refractivity contribution is 0.236. The van der Waals surface area contributed by atoms with E-state index in [1.165, 1.54) is 0 Å². The van der Waals surface area contributed by atoms with Crippen molar-refractivity contribution in [3.8, 4) is 10.3 Å². The predicted octanol–water partition coefficient (Wildman–Crippen LogP) is 6.09. The standard InChI is InChI=1S/C22H18Cl2N6S2/c23-16-11-19(24)20(27-12-16)15-28(13-17-3-1-7-29(17)21-25-5-9-31-21)14-18-4-2-8-30(18)22-26-6-10-32-22/h1-12H,13-15H2. The maximum atomic E-state index is 6.46. The molecular formula is C22H18Cl2N6S2. The molecule has 0 saturated carbocycles. The fourth-order valence-corrected chi connectivity index (χ4v) is 5.28. The van der Waals surface area contributed by atoms with Gasteiger partial charge in [0, 0.05) is 72.8 Å². The number of halogens is 2. The number of thiazole rings is 2. The highest BCUT2D eigenvalue weighted by Gasteiger charge is 2.17. The van der Waals surface area contributed by atoms with Crippen LogP contribution in [0.4, 0.5) is 0 Å². The fourth-order valence-electron chi connectivity index (χ4n) is 3.53. The molecule has 0 aliphatic rings. The van der Waals surface area contributed by atoms with Gasteiger partial charge in [0.2, 0.25) is 0 Å². The summed E-state index contributed by atoms with van der Waals surface area (Å²) in [7, 11) is 0. The van der Waals surface area contributed by atoms with Crippen molar-refractivity contribution in [2.75, 3.05) is 0 Å². The van der Waals surface area contributed by atoms with Crippen molar-refractivity contribution in [1.82, 2.24) is 29.0 Å². The van der Waals surface area contributed by atoms with E-state index in [0.29, 0.717) is 29.7 Å². The van der Waals surface area contributed by atoms with Crippen molar-refractivity contribution in [3.63, 3.8) is 0 Å². The first-order chi connectivity index (χ1) is 15.7. The van der Waals surface area contributed by atoms with Gasteiger partial charge in [-0.3, -0.25) is 19.0 Å². The molecule has 0 aromatic carbocycles. The number of hydrogen-bond donors (Lipinski definition) is 0. The molecule has 0 bridgehead atoms. The molecule has 0 N–H and O–H groups in total. The van der Waals surface area contributed by atoms with Gasteiger partial charge in [-0.2, -0.15) is 0 Å². The fraction of sp³-hybridized carbons (Fsp3) is 0.136. The number of aromatic nitrogens is 5. The smallest absolute Gasteiger partial charge is 0.193 e. The van der Waals surface area contributed by atoms with Crippen LogP contribution in [-0.2, 0) is 19.6 Å². The van der Waals surface area contributed by atoms with Gasteiger partial charge in [-0.15, -0.1) is 22.7 Å². The van der Waals surface area contributed by atoms with Crippen LogP contribution in [0.1, 0.15) is 17.1 Å². The van der Waals surface area contributed by atoms with Gasteiger partial charge in [0.05, 0.1) is 15.7 Å². The molecule has 0 fully saturated rings. The summed E-state index contributed by atoms with van der Waals surface area (Å²) < 4.78 is 4.24. The van der Waals surface area contributed by atoms with E-state index >= 15 is 0 Å². The Morgan fingerprint density at radius 2 is 1.41 bits per heavy atom. The summed E-state index contributed by atoms with van der Waals surface area (Å²) in [4.78, 5) is 15.7. The monoisotopic (exact) mass is 500 g/mol. The second kappa shape index (κ2) is 9.56. The average molecular weight is 501 g/mol. The van der Waals surface area contributed by atoms with Crippen molar-refractivity contribution in [2.45, 2.75) is 19.6 Å². The molecule has 0 amide bonds. The van der Waals surface area contributed by atoms with Crippen molar-refractivity contribution in [1.29, 1.82) is 0 Å². The van der Waals surface area contributed by atoms with Crippen molar-refractivity contribution in [2.24, 2.45) is 0 Å². The minimum atomic E-state index is 0.528. The van der Waals surface area contributed by atoms with E-state index in [1.807, 2.05) is 47.7 Å². The molecule has 5 aromatic heterocycles. The SMILES string of the molecule is Clc1cnc(CN(Cc2cccn2-c2nccs2)Cc2cccn2-c2nccs2)c(Cl)c1. The summed E-state index contributed by atoms with van der Waals surface area (Å²) in [6.45, 7) is 1.95. The lowest BCUT2D eigenvalue weighted by atomic mass is 10.2. The highest BCUT2D eigenvalue weighted by atomic mass is 35.5. The first-order valence-corrected chi connectivity index (χ1v) is 12.3. The molecule has 5 aromatic rings. The molecule has 32 heavy (non-hydrogen) atoms. The number of hydrogen-bond acceptors (Lipinski definition) is 6. The molecule has 0 aliphatic carbocycles. The van der Waals surface area contributed by atoms with Gasteiger partial charge in [-0.25, -0.2) is 9.97 Å². The summed E-state index contributed by atoms with van der Waals surface area (Å²) >= 11 is 15.7. The van der Waals surface area contributed by atoms with Gasteiger partial charge < -0.3 is 0 Å². The summed E-state index contributed by atoms with van der Waals surface area (Å²) in [6, 6.07) is 10.1. The van der Waals surface area contributed by atoms with Gasteiger partial charge in [-0.1, -0.05) is 23.2 Å². The zero-order valence-electron chi connectivity index (χ0n) is 16.8. The van der Waals surface area contributed by atoms with Crippen molar-refractivity contribution in [3.05, 3.63) is 99.2 Å². The van der Waals surface area contributed by atoms with Gasteiger partial charge >= 0.3 is 0 Å². The Kier molecular flexibility index (Phi) is 6.38. The average Bonchev–Trinajstić information content (AvgIpc) is 3.57. The normalized spacial score (nSPS) is 11.5. The van der Waals surface area contributed by atoms with E-state index in [0.717, 1.165) is 27.3 Å². The van der Waals surface area contributed by atoms with E-state index in [1.54, 1.807) is 34.9 Å². The number of rotatable bonds is 8. The highest BCUT2D eigenvalue weighted by molar-refractivity contribution is 7.12. The Morgan fingerprint density at radius 3 is 1.91 bits per heavy atom. The van der Waals surface area contributed by atoms with E-state index < -0.39 is 0 Å². The molecular weight excluding hydrogens is 483 g/mol. The van der Waals surface area contributed by atoms with Crippen molar-refractivity contribution < 1.29 is 0 Å². The van der Waals surface area contributed by atoms with Crippen LogP contribution >= 0.6 is 45.9 Å². The Hall–Kier alpha value is -2.49. The topological polar surface area (TPSA) is 51.8 Å². The van der Waals surface area contributed by atoms with E-state index in [4.69, 9.17) is 23.2 Å². The molecule has 5 rings (SSSR count). The van der Waals surface area contributed by atoms with Crippen LogP contribution < -0.4 is 0 Å². The third-order valence-corrected chi connectivity index (χ3v) is 7.02. The Bertz CT molecular complexity index is 1220. The number of pyridine rings is 1. The van der Waals surface area contributed by atoms with Crippen LogP contribution in [0.2, 0.25) is 10.0 Å². The lowest BCUT2D eigenvalue weighted by Gasteiger charge is -2.23. The summed E-state index contributed by atoms with van der Waals surface area (Å²) in [5.41, 5.74) is 3.06. The summed E-state index contributed by atoms with van der Waals surface area (Å²) in [5.74, 6) is 0. The maximum Gasteiger partial charge on any atom is 0.193 e. The molecule has 0 aliphatic heterocycles. The molecule has 0 radical (unpaired) electrons. The van der Waals surface area contributed by atoms with Gasteiger partial charge in [0.1, 0.15) is 0 Å². The van der Waals surface area contributed by atoms with Gasteiger partial charge in [-0.05, 0) is 30.3 Å². The molecule has 0 atom stereocenters. The van der Waals surface area contributed by atoms with E-state index in [9.17, 15) is 0 Å². The van der Waals surface area contributed by atoms with Gasteiger partial charge in [0.15, 0.2) is 10.3 Å². The first-order valence-electron chi connectivity index (χ1n) is 9.82. The molecule has 5 heterocycles. The Labute approximate surface area is 203 Å². The molecule has 0 saturated heterocycles. The first kappa shape index (κ1) is 21.4. The zero-order valence-corrected chi connectivity index (χ0v) is 20.0. The Morgan fingerprint density at radius 1 is 0.812 bits per heavy atom. The molecule has 0 unspecified atom stereocenters. The summed E-state index contributed by atoms with van der Waals surface area (Å²) in [5, 5.41) is 6.94. The molecule has 0 spiro atoms. The third-order valence-electron chi connectivity index (χ3n) is 4.95. The maximum absolute atomic E-state index is 6.46. The van der Waals surface area contributed by atoms with Gasteiger partial charge in [0.25, 0.3) is 0 Å². The predicted molar refractivity (Wildman–Crippen MR) is 130 cm³/mol. The zero-order chi connectivity index (χ0) is 21.9. The second-order valence-electron chi connectivity index (χ2n) is 7.10. The van der Waals surface area contributed by atoms with Crippen LogP contribution in [-0.4, -0.2) is 29.0 Å². The van der Waals surface area contributed by atoms with Crippen LogP contribution in [0.15, 0.2) is 72.1 Å². The molecule has 10 heteroatoms. The van der Waals surface area contributed by atoms with E-state index in [-0.39, 0.29) is 0 Å². The number of nitrogens with zero attached hydrogens (tertiary/aromatic N) is 6. The minimum absolute atomic E-state index is 0.528. The molecule has 6 nitrogen and oxygen atoms in total. The van der Waals surface area contributed by atoms with Crippen LogP contribution in [0, 0.1) is 0 Å². The molecule has 162 valence electrons. The third kappa shape index (κ3) is 4.65. The minimum Gasteiger partial charge on any atom is -0.296 e. The summed E-state index contributed by atoms with van der Waals surface area (Å²) in [6.07, 6.45) is 9.35. The highest BCUT2D eigenvalue weighted by Crippen LogP contribution is 2.24. The van der Waals surface area contributed by atoms with Crippen LogP contribution in [0.5, 0.6) is 0 Å². The lowest BCUT2D eigenvalue weighted by Crippen LogP contribution is -2.25. The second-order valence-corrected chi connectivity index (χ2v) is 9.69. The van der Waals surface area contributed by atoms with Crippen LogP contribution in [0.25, 0.3) is 10.3 Å².